The van der Waals surface area contributed by atoms with Crippen molar-refractivity contribution in [2.45, 2.75) is 32.9 Å². The quantitative estimate of drug-likeness (QED) is 0.856. The van der Waals surface area contributed by atoms with Crippen molar-refractivity contribution in [3.8, 4) is 0 Å². The van der Waals surface area contributed by atoms with Crippen LogP contribution in [0, 0.1) is 12.8 Å². The average Bonchev–Trinajstić information content (AvgIpc) is 2.40. The molecule has 0 saturated carbocycles. The van der Waals surface area contributed by atoms with Crippen LogP contribution in [0.25, 0.3) is 0 Å². The third-order valence-corrected chi connectivity index (χ3v) is 3.10. The Hall–Kier alpha value is -1.85. The van der Waals surface area contributed by atoms with E-state index in [9.17, 15) is 13.2 Å². The topological polar surface area (TPSA) is 49.7 Å². The fourth-order valence-corrected chi connectivity index (χ4v) is 1.80. The van der Waals surface area contributed by atoms with Gasteiger partial charge in [0, 0.05) is 12.3 Å². The summed E-state index contributed by atoms with van der Waals surface area (Å²) in [4.78, 5) is 13.5. The first-order valence-corrected chi connectivity index (χ1v) is 6.60. The Morgan fingerprint density at radius 1 is 1.29 bits per heavy atom. The summed E-state index contributed by atoms with van der Waals surface area (Å²) >= 11 is 0. The number of hydrogen-bond donors (Lipinski definition) is 1. The SMILES string of the molecule is Cc1ccc(C2=NCC(C)CC2)cc1.O=C(O)C(F)(F)F. The number of rotatable bonds is 1. The molecule has 0 bridgehead atoms. The van der Waals surface area contributed by atoms with Gasteiger partial charge in [-0.2, -0.15) is 13.2 Å². The molecule has 116 valence electrons. The van der Waals surface area contributed by atoms with Gasteiger partial charge >= 0.3 is 12.1 Å². The third kappa shape index (κ3) is 5.97. The van der Waals surface area contributed by atoms with Gasteiger partial charge < -0.3 is 5.11 Å². The molecule has 21 heavy (non-hydrogen) atoms. The van der Waals surface area contributed by atoms with E-state index in [4.69, 9.17) is 9.90 Å². The van der Waals surface area contributed by atoms with Crippen LogP contribution < -0.4 is 0 Å². The van der Waals surface area contributed by atoms with Crippen molar-refractivity contribution in [2.75, 3.05) is 6.54 Å². The van der Waals surface area contributed by atoms with Crippen LogP contribution in [0.4, 0.5) is 13.2 Å². The first-order valence-electron chi connectivity index (χ1n) is 6.60. The van der Waals surface area contributed by atoms with Crippen LogP contribution in [0.3, 0.4) is 0 Å². The molecule has 0 aromatic heterocycles. The van der Waals surface area contributed by atoms with Crippen LogP contribution in [0.1, 0.15) is 30.9 Å². The number of alkyl halides is 3. The van der Waals surface area contributed by atoms with E-state index in [-0.39, 0.29) is 0 Å². The molecule has 0 spiro atoms. The zero-order valence-corrected chi connectivity index (χ0v) is 11.9. The molecule has 1 aromatic carbocycles. The summed E-state index contributed by atoms with van der Waals surface area (Å²) < 4.78 is 31.7. The molecule has 3 nitrogen and oxygen atoms in total. The maximum Gasteiger partial charge on any atom is 0.490 e. The van der Waals surface area contributed by atoms with E-state index in [1.54, 1.807) is 0 Å². The van der Waals surface area contributed by atoms with Crippen LogP contribution in [0.5, 0.6) is 0 Å². The minimum Gasteiger partial charge on any atom is -0.475 e. The molecule has 1 atom stereocenters. The predicted molar refractivity (Wildman–Crippen MR) is 74.7 cm³/mol. The van der Waals surface area contributed by atoms with Crippen LogP contribution in [-0.2, 0) is 4.79 Å². The van der Waals surface area contributed by atoms with Crippen molar-refractivity contribution in [1.82, 2.24) is 0 Å². The Morgan fingerprint density at radius 3 is 2.19 bits per heavy atom. The number of aliphatic carboxylic acids is 1. The van der Waals surface area contributed by atoms with E-state index in [2.05, 4.69) is 43.1 Å². The second kappa shape index (κ2) is 7.24. The number of halogens is 3. The number of carboxylic acid groups (broad SMARTS) is 1. The highest BCUT2D eigenvalue weighted by Crippen LogP contribution is 2.18. The first kappa shape index (κ1) is 17.2. The highest BCUT2D eigenvalue weighted by Gasteiger charge is 2.38. The molecule has 0 fully saturated rings. The summed E-state index contributed by atoms with van der Waals surface area (Å²) in [5.41, 5.74) is 3.92. The molecule has 0 amide bonds. The van der Waals surface area contributed by atoms with Crippen LogP contribution >= 0.6 is 0 Å². The average molecular weight is 301 g/mol. The number of carboxylic acids is 1. The number of aryl methyl sites for hydroxylation is 1. The summed E-state index contributed by atoms with van der Waals surface area (Å²) in [6, 6.07) is 8.69. The van der Waals surface area contributed by atoms with Gasteiger partial charge in [0.1, 0.15) is 0 Å². The minimum absolute atomic E-state index is 0.768. The van der Waals surface area contributed by atoms with Gasteiger partial charge in [0.2, 0.25) is 0 Å². The van der Waals surface area contributed by atoms with Gasteiger partial charge in [0.15, 0.2) is 0 Å². The Kier molecular flexibility index (Phi) is 5.93. The molecule has 0 aliphatic carbocycles. The third-order valence-electron chi connectivity index (χ3n) is 3.10. The standard InChI is InChI=1S/C13H17N.C2HF3O2/c1-10-3-6-12(7-4-10)13-8-5-11(2)9-14-13;3-2(4,5)1(6)7/h3-4,6-7,11H,5,8-9H2,1-2H3;(H,6,7). The van der Waals surface area contributed by atoms with Crippen molar-refractivity contribution >= 4 is 11.7 Å². The van der Waals surface area contributed by atoms with E-state index in [1.807, 2.05) is 0 Å². The van der Waals surface area contributed by atoms with Crippen molar-refractivity contribution < 1.29 is 23.1 Å². The largest absolute Gasteiger partial charge is 0.490 e. The van der Waals surface area contributed by atoms with Crippen molar-refractivity contribution in [3.05, 3.63) is 35.4 Å². The molecular weight excluding hydrogens is 283 g/mol. The van der Waals surface area contributed by atoms with Crippen molar-refractivity contribution in [3.63, 3.8) is 0 Å². The number of hydrogen-bond acceptors (Lipinski definition) is 2. The molecule has 1 N–H and O–H groups in total. The Labute approximate surface area is 121 Å². The Morgan fingerprint density at radius 2 is 1.81 bits per heavy atom. The lowest BCUT2D eigenvalue weighted by molar-refractivity contribution is -0.192. The number of nitrogens with zero attached hydrogens (tertiary/aromatic N) is 1. The zero-order valence-electron chi connectivity index (χ0n) is 11.9. The van der Waals surface area contributed by atoms with E-state index in [1.165, 1.54) is 23.3 Å². The molecule has 1 unspecified atom stereocenters. The van der Waals surface area contributed by atoms with Gasteiger partial charge in [-0.15, -0.1) is 0 Å². The molecule has 1 aliphatic heterocycles. The van der Waals surface area contributed by atoms with Gasteiger partial charge in [-0.25, -0.2) is 4.79 Å². The van der Waals surface area contributed by atoms with Gasteiger partial charge in [0.25, 0.3) is 0 Å². The molecule has 1 heterocycles. The van der Waals surface area contributed by atoms with Crippen LogP contribution in [0.2, 0.25) is 0 Å². The van der Waals surface area contributed by atoms with Crippen LogP contribution in [0.15, 0.2) is 29.3 Å². The lowest BCUT2D eigenvalue weighted by Gasteiger charge is -2.17. The summed E-state index contributed by atoms with van der Waals surface area (Å²) in [6.07, 6.45) is -2.66. The molecule has 6 heteroatoms. The predicted octanol–water partition coefficient (Wildman–Crippen LogP) is 3.85. The normalized spacial score (nSPS) is 18.3. The maximum absolute atomic E-state index is 10.6. The lowest BCUT2D eigenvalue weighted by Crippen LogP contribution is -2.21. The number of carbonyl (C=O) groups is 1. The maximum atomic E-state index is 10.6. The fourth-order valence-electron chi connectivity index (χ4n) is 1.80. The van der Waals surface area contributed by atoms with Gasteiger partial charge in [-0.1, -0.05) is 36.8 Å². The zero-order chi connectivity index (χ0) is 16.0. The highest BCUT2D eigenvalue weighted by molar-refractivity contribution is 6.00. The lowest BCUT2D eigenvalue weighted by atomic mass is 9.95. The van der Waals surface area contributed by atoms with Crippen molar-refractivity contribution in [2.24, 2.45) is 10.9 Å². The summed E-state index contributed by atoms with van der Waals surface area (Å²) in [5.74, 6) is -1.99. The molecule has 2 rings (SSSR count). The monoisotopic (exact) mass is 301 g/mol. The second-order valence-corrected chi connectivity index (χ2v) is 5.10. The fraction of sp³-hybridized carbons (Fsp3) is 0.467. The van der Waals surface area contributed by atoms with Crippen LogP contribution in [-0.4, -0.2) is 29.5 Å². The molecular formula is C15H18F3NO2. The number of aliphatic imine (C=N–C) groups is 1. The first-order chi connectivity index (χ1) is 9.70. The van der Waals surface area contributed by atoms with Crippen molar-refractivity contribution in [1.29, 1.82) is 0 Å². The summed E-state index contributed by atoms with van der Waals surface area (Å²) in [5, 5.41) is 7.12. The van der Waals surface area contributed by atoms with Gasteiger partial charge in [-0.3, -0.25) is 4.99 Å². The van der Waals surface area contributed by atoms with Gasteiger partial charge in [0.05, 0.1) is 0 Å². The minimum atomic E-state index is -5.08. The Bertz CT molecular complexity index is 507. The summed E-state index contributed by atoms with van der Waals surface area (Å²) in [7, 11) is 0. The second-order valence-electron chi connectivity index (χ2n) is 5.10. The van der Waals surface area contributed by atoms with E-state index in [0.717, 1.165) is 18.9 Å². The Balaban J connectivity index is 0.000000270. The highest BCUT2D eigenvalue weighted by atomic mass is 19.4. The molecule has 1 aromatic rings. The van der Waals surface area contributed by atoms with E-state index in [0.29, 0.717) is 0 Å². The molecule has 0 saturated heterocycles. The molecule has 1 aliphatic rings. The van der Waals surface area contributed by atoms with E-state index < -0.39 is 12.1 Å². The van der Waals surface area contributed by atoms with Gasteiger partial charge in [-0.05, 0) is 31.2 Å². The van der Waals surface area contributed by atoms with E-state index >= 15 is 0 Å². The summed E-state index contributed by atoms with van der Waals surface area (Å²) in [6.45, 7) is 5.40. The smallest absolute Gasteiger partial charge is 0.475 e. The number of benzene rings is 1. The molecule has 0 radical (unpaired) electrons.